The molecule has 0 rings (SSSR count). The molecule has 0 spiro atoms. The summed E-state index contributed by atoms with van der Waals surface area (Å²) in [4.78, 5) is 0. The largest absolute Gasteiger partial charge is 0.390 e. The molecule has 0 fully saturated rings. The van der Waals surface area contributed by atoms with Crippen LogP contribution in [0.25, 0.3) is 0 Å². The first-order chi connectivity index (χ1) is 5.48. The summed E-state index contributed by atoms with van der Waals surface area (Å²) in [6.45, 7) is 9.54. The summed E-state index contributed by atoms with van der Waals surface area (Å²) in [6.07, 6.45) is 1.52. The van der Waals surface area contributed by atoms with Gasteiger partial charge in [-0.2, -0.15) is 0 Å². The normalized spacial score (nSPS) is 16.5. The van der Waals surface area contributed by atoms with E-state index in [4.69, 9.17) is 4.74 Å². The van der Waals surface area contributed by atoms with E-state index in [9.17, 15) is 5.11 Å². The topological polar surface area (TPSA) is 29.5 Å². The minimum absolute atomic E-state index is 0.545. The van der Waals surface area contributed by atoms with Crippen LogP contribution in [0.4, 0.5) is 0 Å². The van der Waals surface area contributed by atoms with Crippen LogP contribution in [0.5, 0.6) is 0 Å². The molecule has 0 aromatic carbocycles. The van der Waals surface area contributed by atoms with Crippen molar-refractivity contribution in [1.82, 2.24) is 0 Å². The zero-order chi connectivity index (χ0) is 9.61. The summed E-state index contributed by atoms with van der Waals surface area (Å²) in [5, 5.41) is 9.61. The molecule has 0 amide bonds. The molecule has 2 nitrogen and oxygen atoms in total. The van der Waals surface area contributed by atoms with E-state index in [0.29, 0.717) is 12.5 Å². The summed E-state index contributed by atoms with van der Waals surface area (Å²) in [6, 6.07) is 0. The third-order valence-electron chi connectivity index (χ3n) is 2.00. The number of hydrogen-bond donors (Lipinski definition) is 1. The van der Waals surface area contributed by atoms with Gasteiger partial charge in [0.05, 0.1) is 5.60 Å². The third kappa shape index (κ3) is 6.62. The van der Waals surface area contributed by atoms with Crippen LogP contribution < -0.4 is 0 Å². The zero-order valence-corrected chi connectivity index (χ0v) is 8.76. The molecule has 0 saturated carbocycles. The maximum atomic E-state index is 9.61. The van der Waals surface area contributed by atoms with Crippen molar-refractivity contribution < 1.29 is 9.84 Å². The molecule has 0 aliphatic heterocycles. The Morgan fingerprint density at radius 3 is 2.42 bits per heavy atom. The van der Waals surface area contributed by atoms with E-state index in [-0.39, 0.29) is 0 Å². The van der Waals surface area contributed by atoms with Gasteiger partial charge in [-0.3, -0.25) is 0 Å². The molecule has 0 saturated heterocycles. The maximum absolute atomic E-state index is 9.61. The van der Waals surface area contributed by atoms with Crippen LogP contribution in [0.15, 0.2) is 0 Å². The first-order valence-corrected chi connectivity index (χ1v) is 4.78. The Morgan fingerprint density at radius 2 is 2.00 bits per heavy atom. The smallest absolute Gasteiger partial charge is 0.0639 e. The highest BCUT2D eigenvalue weighted by molar-refractivity contribution is 4.69. The second-order valence-corrected chi connectivity index (χ2v) is 4.07. The molecule has 0 bridgehead atoms. The van der Waals surface area contributed by atoms with E-state index in [1.54, 1.807) is 0 Å². The lowest BCUT2D eigenvalue weighted by Gasteiger charge is -2.21. The number of hydrogen-bond acceptors (Lipinski definition) is 2. The van der Waals surface area contributed by atoms with Crippen molar-refractivity contribution in [3.8, 4) is 0 Å². The van der Waals surface area contributed by atoms with Crippen molar-refractivity contribution in [1.29, 1.82) is 0 Å². The fourth-order valence-electron chi connectivity index (χ4n) is 0.788. The summed E-state index contributed by atoms with van der Waals surface area (Å²) < 4.78 is 5.37. The Balaban J connectivity index is 3.31. The predicted octanol–water partition coefficient (Wildman–Crippen LogP) is 2.21. The highest BCUT2D eigenvalue weighted by Gasteiger charge is 2.16. The van der Waals surface area contributed by atoms with Crippen LogP contribution in [0, 0.1) is 5.92 Å². The maximum Gasteiger partial charge on any atom is 0.0639 e. The molecule has 74 valence electrons. The lowest BCUT2D eigenvalue weighted by Crippen LogP contribution is -2.25. The van der Waals surface area contributed by atoms with Gasteiger partial charge in [0.1, 0.15) is 0 Å². The average molecular weight is 174 g/mol. The fourth-order valence-corrected chi connectivity index (χ4v) is 0.788. The molecule has 0 aliphatic rings. The van der Waals surface area contributed by atoms with Crippen molar-refractivity contribution in [2.45, 2.75) is 46.1 Å². The number of aliphatic hydroxyl groups is 1. The molecule has 0 aromatic heterocycles. The van der Waals surface area contributed by atoms with Crippen LogP contribution in [0.1, 0.15) is 40.5 Å². The van der Waals surface area contributed by atoms with Crippen LogP contribution in [0.3, 0.4) is 0 Å². The Bertz CT molecular complexity index is 108. The Morgan fingerprint density at radius 1 is 1.42 bits per heavy atom. The summed E-state index contributed by atoms with van der Waals surface area (Å²) in [7, 11) is 0. The predicted molar refractivity (Wildman–Crippen MR) is 51.2 cm³/mol. The minimum atomic E-state index is -0.545. The summed E-state index contributed by atoms with van der Waals surface area (Å²) in [5.74, 6) is 0.580. The number of ether oxygens (including phenoxy) is 1. The lowest BCUT2D eigenvalue weighted by molar-refractivity contribution is 0.00673. The zero-order valence-electron chi connectivity index (χ0n) is 8.76. The van der Waals surface area contributed by atoms with Gasteiger partial charge in [0, 0.05) is 13.2 Å². The second kappa shape index (κ2) is 5.55. The molecule has 12 heavy (non-hydrogen) atoms. The van der Waals surface area contributed by atoms with Gasteiger partial charge >= 0.3 is 0 Å². The molecule has 0 heterocycles. The van der Waals surface area contributed by atoms with E-state index in [1.807, 2.05) is 13.8 Å². The molecule has 1 N–H and O–H groups in total. The monoisotopic (exact) mass is 174 g/mol. The van der Waals surface area contributed by atoms with Crippen LogP contribution >= 0.6 is 0 Å². The van der Waals surface area contributed by atoms with Gasteiger partial charge in [0.2, 0.25) is 0 Å². The van der Waals surface area contributed by atoms with Gasteiger partial charge in [-0.15, -0.1) is 0 Å². The molecule has 0 aliphatic carbocycles. The van der Waals surface area contributed by atoms with Gasteiger partial charge in [0.25, 0.3) is 0 Å². The van der Waals surface area contributed by atoms with Crippen molar-refractivity contribution in [2.75, 3.05) is 13.2 Å². The van der Waals surface area contributed by atoms with E-state index in [0.717, 1.165) is 19.4 Å². The Hall–Kier alpha value is -0.0800. The molecule has 1 atom stereocenters. The van der Waals surface area contributed by atoms with Crippen LogP contribution in [0.2, 0.25) is 0 Å². The van der Waals surface area contributed by atoms with Crippen LogP contribution in [-0.4, -0.2) is 23.9 Å². The highest BCUT2D eigenvalue weighted by Crippen LogP contribution is 2.13. The molecular weight excluding hydrogens is 152 g/mol. The second-order valence-electron chi connectivity index (χ2n) is 4.07. The Kier molecular flexibility index (Phi) is 5.51. The van der Waals surface area contributed by atoms with Crippen molar-refractivity contribution >= 4 is 0 Å². The average Bonchev–Trinajstić information content (AvgIpc) is 1.98. The lowest BCUT2D eigenvalue weighted by atomic mass is 10.0. The highest BCUT2D eigenvalue weighted by atomic mass is 16.5. The van der Waals surface area contributed by atoms with Gasteiger partial charge in [0.15, 0.2) is 0 Å². The van der Waals surface area contributed by atoms with E-state index in [2.05, 4.69) is 13.8 Å². The van der Waals surface area contributed by atoms with Crippen molar-refractivity contribution in [2.24, 2.45) is 5.92 Å². The summed E-state index contributed by atoms with van der Waals surface area (Å²) in [5.41, 5.74) is -0.545. The number of rotatable bonds is 6. The van der Waals surface area contributed by atoms with Crippen molar-refractivity contribution in [3.63, 3.8) is 0 Å². The fraction of sp³-hybridized carbons (Fsp3) is 1.00. The van der Waals surface area contributed by atoms with Gasteiger partial charge in [-0.25, -0.2) is 0 Å². The van der Waals surface area contributed by atoms with Crippen LogP contribution in [-0.2, 0) is 4.74 Å². The molecule has 0 unspecified atom stereocenters. The summed E-state index contributed by atoms with van der Waals surface area (Å²) >= 11 is 0. The first-order valence-electron chi connectivity index (χ1n) is 4.78. The van der Waals surface area contributed by atoms with Gasteiger partial charge in [-0.1, -0.05) is 20.8 Å². The first kappa shape index (κ1) is 11.9. The SMILES string of the molecule is CC[C@@](C)(O)CCOCC(C)C. The van der Waals surface area contributed by atoms with E-state index < -0.39 is 5.60 Å². The van der Waals surface area contributed by atoms with Gasteiger partial charge < -0.3 is 9.84 Å². The van der Waals surface area contributed by atoms with Crippen molar-refractivity contribution in [3.05, 3.63) is 0 Å². The van der Waals surface area contributed by atoms with Gasteiger partial charge in [-0.05, 0) is 25.7 Å². The molecule has 0 radical (unpaired) electrons. The molecular formula is C10H22O2. The molecule has 0 aromatic rings. The molecule has 2 heteroatoms. The Labute approximate surface area is 75.9 Å². The quantitative estimate of drug-likeness (QED) is 0.626. The third-order valence-corrected chi connectivity index (χ3v) is 2.00. The standard InChI is InChI=1S/C10H22O2/c1-5-10(4,11)6-7-12-8-9(2)3/h9,11H,5-8H2,1-4H3/t10-/m1/s1. The van der Waals surface area contributed by atoms with E-state index in [1.165, 1.54) is 0 Å². The minimum Gasteiger partial charge on any atom is -0.390 e. The van der Waals surface area contributed by atoms with E-state index >= 15 is 0 Å².